The molecule has 0 bridgehead atoms. The van der Waals surface area contributed by atoms with Crippen molar-refractivity contribution in [1.29, 1.82) is 0 Å². The summed E-state index contributed by atoms with van der Waals surface area (Å²) in [5.41, 5.74) is 0. The molecule has 2 heterocycles. The van der Waals surface area contributed by atoms with Crippen LogP contribution in [0.3, 0.4) is 0 Å². The number of hydrogen-bond acceptors (Lipinski definition) is 4. The fourth-order valence-corrected chi connectivity index (χ4v) is 3.42. The third-order valence-corrected chi connectivity index (χ3v) is 4.63. The van der Waals surface area contributed by atoms with Gasteiger partial charge in [-0.1, -0.05) is 6.92 Å². The predicted octanol–water partition coefficient (Wildman–Crippen LogP) is 0.894. The van der Waals surface area contributed by atoms with Crippen LogP contribution in [0.4, 0.5) is 0 Å². The van der Waals surface area contributed by atoms with Crippen molar-refractivity contribution in [2.24, 2.45) is 5.92 Å². The van der Waals surface area contributed by atoms with Crippen LogP contribution < -0.4 is 5.32 Å². The Morgan fingerprint density at radius 3 is 2.70 bits per heavy atom. The lowest BCUT2D eigenvalue weighted by Crippen LogP contribution is -2.49. The summed E-state index contributed by atoms with van der Waals surface area (Å²) in [6.07, 6.45) is 3.34. The minimum atomic E-state index is -0.175. The molecule has 1 N–H and O–H groups in total. The van der Waals surface area contributed by atoms with E-state index in [1.54, 1.807) is 12.0 Å². The van der Waals surface area contributed by atoms with Gasteiger partial charge in [0, 0.05) is 39.2 Å². The maximum atomic E-state index is 12.9. The fraction of sp³-hybridized carbons (Fsp3) is 0.875. The van der Waals surface area contributed by atoms with Crippen molar-refractivity contribution >= 4 is 24.2 Å². The number of amides is 2. The molecule has 2 saturated heterocycles. The van der Waals surface area contributed by atoms with E-state index in [2.05, 4.69) is 12.2 Å². The number of ether oxygens (including phenoxy) is 1. The van der Waals surface area contributed by atoms with Crippen LogP contribution >= 0.6 is 12.4 Å². The highest BCUT2D eigenvalue weighted by molar-refractivity contribution is 5.89. The molecule has 0 aliphatic carbocycles. The van der Waals surface area contributed by atoms with Crippen LogP contribution in [0, 0.1) is 5.92 Å². The third-order valence-electron chi connectivity index (χ3n) is 4.63. The summed E-state index contributed by atoms with van der Waals surface area (Å²) in [7, 11) is 1.63. The molecule has 6 nitrogen and oxygen atoms in total. The summed E-state index contributed by atoms with van der Waals surface area (Å²) in [4.78, 5) is 28.7. The average molecular weight is 348 g/mol. The number of hydrogen-bond donors (Lipinski definition) is 1. The van der Waals surface area contributed by atoms with E-state index in [0.717, 1.165) is 38.9 Å². The molecular weight excluding hydrogens is 318 g/mol. The zero-order chi connectivity index (χ0) is 15.9. The van der Waals surface area contributed by atoms with Crippen LogP contribution in [0.15, 0.2) is 0 Å². The minimum Gasteiger partial charge on any atom is -0.383 e. The van der Waals surface area contributed by atoms with Gasteiger partial charge < -0.3 is 19.9 Å². The number of halogens is 1. The van der Waals surface area contributed by atoms with Crippen LogP contribution in [-0.2, 0) is 14.3 Å². The highest BCUT2D eigenvalue weighted by Gasteiger charge is 2.38. The van der Waals surface area contributed by atoms with Crippen molar-refractivity contribution in [1.82, 2.24) is 15.1 Å². The van der Waals surface area contributed by atoms with Crippen LogP contribution in [0.2, 0.25) is 0 Å². The Morgan fingerprint density at radius 1 is 1.39 bits per heavy atom. The molecule has 7 heteroatoms. The lowest BCUT2D eigenvalue weighted by Gasteiger charge is -2.36. The van der Waals surface area contributed by atoms with E-state index in [1.807, 2.05) is 4.90 Å². The van der Waals surface area contributed by atoms with E-state index in [0.29, 0.717) is 32.2 Å². The van der Waals surface area contributed by atoms with Gasteiger partial charge in [0.2, 0.25) is 11.8 Å². The maximum absolute atomic E-state index is 12.9. The van der Waals surface area contributed by atoms with Gasteiger partial charge in [0.1, 0.15) is 0 Å². The number of rotatable bonds is 7. The maximum Gasteiger partial charge on any atom is 0.228 e. The quantitative estimate of drug-likeness (QED) is 0.743. The average Bonchev–Trinajstić information content (AvgIpc) is 2.92. The van der Waals surface area contributed by atoms with E-state index in [9.17, 15) is 9.59 Å². The number of carbonyl (C=O) groups is 2. The number of carbonyl (C=O) groups excluding carboxylic acids is 2. The summed E-state index contributed by atoms with van der Waals surface area (Å²) in [5.74, 6) is 0.0740. The van der Waals surface area contributed by atoms with E-state index >= 15 is 0 Å². The number of likely N-dealkylation sites (tertiary alicyclic amines) is 1. The second-order valence-electron chi connectivity index (χ2n) is 6.25. The van der Waals surface area contributed by atoms with Crippen molar-refractivity contribution in [2.75, 3.05) is 46.4 Å². The molecule has 0 aromatic heterocycles. The Kier molecular flexibility index (Phi) is 8.87. The number of nitrogens with zero attached hydrogens (tertiary/aromatic N) is 2. The zero-order valence-electron chi connectivity index (χ0n) is 14.3. The molecule has 2 fully saturated rings. The van der Waals surface area contributed by atoms with Gasteiger partial charge in [-0.25, -0.2) is 0 Å². The van der Waals surface area contributed by atoms with Gasteiger partial charge in [-0.3, -0.25) is 9.59 Å². The van der Waals surface area contributed by atoms with Crippen LogP contribution in [-0.4, -0.2) is 74.1 Å². The van der Waals surface area contributed by atoms with Crippen LogP contribution in [0.25, 0.3) is 0 Å². The monoisotopic (exact) mass is 347 g/mol. The van der Waals surface area contributed by atoms with Crippen LogP contribution in [0.1, 0.15) is 32.6 Å². The van der Waals surface area contributed by atoms with Gasteiger partial charge >= 0.3 is 0 Å². The molecule has 2 aliphatic heterocycles. The first-order chi connectivity index (χ1) is 10.7. The Bertz CT molecular complexity index is 389. The molecule has 2 aliphatic rings. The molecule has 0 spiro atoms. The van der Waals surface area contributed by atoms with Gasteiger partial charge in [-0.05, 0) is 32.4 Å². The largest absolute Gasteiger partial charge is 0.383 e. The van der Waals surface area contributed by atoms with Crippen LogP contribution in [0.5, 0.6) is 0 Å². The van der Waals surface area contributed by atoms with Gasteiger partial charge in [0.15, 0.2) is 0 Å². The Hall–Kier alpha value is -0.850. The third kappa shape index (κ3) is 5.33. The second-order valence-corrected chi connectivity index (χ2v) is 6.25. The van der Waals surface area contributed by atoms with E-state index < -0.39 is 0 Å². The Morgan fingerprint density at radius 2 is 2.09 bits per heavy atom. The van der Waals surface area contributed by atoms with Crippen molar-refractivity contribution < 1.29 is 14.3 Å². The molecule has 2 rings (SSSR count). The molecule has 1 unspecified atom stereocenters. The molecular formula is C16H30ClN3O3. The fourth-order valence-electron chi connectivity index (χ4n) is 3.42. The molecule has 0 aromatic rings. The predicted molar refractivity (Wildman–Crippen MR) is 91.7 cm³/mol. The second kappa shape index (κ2) is 10.1. The first kappa shape index (κ1) is 20.2. The van der Waals surface area contributed by atoms with Gasteiger partial charge in [-0.2, -0.15) is 0 Å². The molecule has 134 valence electrons. The minimum absolute atomic E-state index is 0. The van der Waals surface area contributed by atoms with Gasteiger partial charge in [0.05, 0.1) is 12.5 Å². The number of nitrogens with one attached hydrogen (secondary N) is 1. The summed E-state index contributed by atoms with van der Waals surface area (Å²) in [6.45, 7) is 6.51. The number of piperidine rings is 1. The summed E-state index contributed by atoms with van der Waals surface area (Å²) >= 11 is 0. The van der Waals surface area contributed by atoms with Gasteiger partial charge in [0.25, 0.3) is 0 Å². The van der Waals surface area contributed by atoms with E-state index in [-0.39, 0.29) is 30.1 Å². The molecule has 2 amide bonds. The standard InChI is InChI=1S/C16H29N3O3.ClH/c1-3-8-19(14-4-6-17-7-5-14)16(21)13-11-15(20)18(12-13)9-10-22-2;/h13-14,17H,3-12H2,1-2H3;1H. The first-order valence-electron chi connectivity index (χ1n) is 8.45. The summed E-state index contributed by atoms with van der Waals surface area (Å²) in [5, 5.41) is 3.34. The summed E-state index contributed by atoms with van der Waals surface area (Å²) in [6, 6.07) is 0.330. The highest BCUT2D eigenvalue weighted by atomic mass is 35.5. The molecule has 1 atom stereocenters. The smallest absolute Gasteiger partial charge is 0.228 e. The van der Waals surface area contributed by atoms with Crippen molar-refractivity contribution in [3.05, 3.63) is 0 Å². The highest BCUT2D eigenvalue weighted by Crippen LogP contribution is 2.23. The van der Waals surface area contributed by atoms with Crippen molar-refractivity contribution in [3.63, 3.8) is 0 Å². The first-order valence-corrected chi connectivity index (χ1v) is 8.45. The molecule has 0 aromatic carbocycles. The summed E-state index contributed by atoms with van der Waals surface area (Å²) < 4.78 is 5.03. The topological polar surface area (TPSA) is 61.9 Å². The lowest BCUT2D eigenvalue weighted by atomic mass is 10.0. The normalized spacial score (nSPS) is 22.1. The van der Waals surface area contributed by atoms with E-state index in [1.165, 1.54) is 0 Å². The Balaban J connectivity index is 0.00000264. The van der Waals surface area contributed by atoms with Crippen molar-refractivity contribution in [2.45, 2.75) is 38.6 Å². The lowest BCUT2D eigenvalue weighted by molar-refractivity contribution is -0.138. The molecule has 0 radical (unpaired) electrons. The molecule has 23 heavy (non-hydrogen) atoms. The zero-order valence-corrected chi connectivity index (χ0v) is 15.1. The van der Waals surface area contributed by atoms with Crippen molar-refractivity contribution in [3.8, 4) is 0 Å². The Labute approximate surface area is 145 Å². The molecule has 0 saturated carbocycles. The van der Waals surface area contributed by atoms with Gasteiger partial charge in [-0.15, -0.1) is 12.4 Å². The van der Waals surface area contributed by atoms with E-state index in [4.69, 9.17) is 4.74 Å². The SMILES string of the molecule is CCCN(C(=O)C1CC(=O)N(CCOC)C1)C1CCNCC1.Cl. The number of methoxy groups -OCH3 is 1.